The first-order chi connectivity index (χ1) is 8.66. The lowest BCUT2D eigenvalue weighted by molar-refractivity contribution is 0.600. The van der Waals surface area contributed by atoms with Gasteiger partial charge in [0, 0.05) is 10.9 Å². The van der Waals surface area contributed by atoms with E-state index in [1.807, 2.05) is 6.92 Å². The van der Waals surface area contributed by atoms with E-state index in [1.54, 1.807) is 23.5 Å². The fourth-order valence-corrected chi connectivity index (χ4v) is 2.91. The number of hydrogen-bond acceptors (Lipinski definition) is 2. The molecule has 1 heterocycles. The van der Waals surface area contributed by atoms with Crippen LogP contribution < -0.4 is 5.73 Å². The average Bonchev–Trinajstić information content (AvgIpc) is 2.81. The van der Waals surface area contributed by atoms with Gasteiger partial charge in [-0.1, -0.05) is 12.1 Å². The van der Waals surface area contributed by atoms with Crippen LogP contribution in [-0.2, 0) is 6.42 Å². The van der Waals surface area contributed by atoms with Gasteiger partial charge in [-0.05, 0) is 60.9 Å². The summed E-state index contributed by atoms with van der Waals surface area (Å²) >= 11 is 1.79. The molecule has 0 aliphatic carbocycles. The van der Waals surface area contributed by atoms with Gasteiger partial charge in [-0.25, -0.2) is 4.39 Å². The summed E-state index contributed by atoms with van der Waals surface area (Å²) in [5, 5.41) is 2.10. The van der Waals surface area contributed by atoms with Crippen LogP contribution in [0.15, 0.2) is 35.7 Å². The summed E-state index contributed by atoms with van der Waals surface area (Å²) in [5.74, 6) is -0.193. The number of rotatable bonds is 5. The normalized spacial score (nSPS) is 12.6. The van der Waals surface area contributed by atoms with Crippen molar-refractivity contribution in [1.29, 1.82) is 0 Å². The third-order valence-corrected chi connectivity index (χ3v) is 4.09. The maximum absolute atomic E-state index is 13.0. The van der Waals surface area contributed by atoms with Crippen LogP contribution in [0.2, 0.25) is 0 Å². The quantitative estimate of drug-likeness (QED) is 0.858. The number of benzene rings is 1. The summed E-state index contributed by atoms with van der Waals surface area (Å²) in [6.07, 6.45) is 3.08. The van der Waals surface area contributed by atoms with E-state index in [0.29, 0.717) is 0 Å². The fraction of sp³-hybridized carbons (Fsp3) is 0.333. The Morgan fingerprint density at radius 2 is 2.17 bits per heavy atom. The van der Waals surface area contributed by atoms with E-state index in [2.05, 4.69) is 17.5 Å². The van der Waals surface area contributed by atoms with Crippen molar-refractivity contribution in [1.82, 2.24) is 0 Å². The minimum atomic E-state index is -0.193. The molecule has 0 saturated heterocycles. The molecule has 0 radical (unpaired) electrons. The second-order valence-electron chi connectivity index (χ2n) is 4.58. The smallest absolute Gasteiger partial charge is 0.123 e. The SMILES string of the molecule is Cc1cc(F)ccc1C(N)CCCc1cccs1. The summed E-state index contributed by atoms with van der Waals surface area (Å²) in [6.45, 7) is 1.91. The highest BCUT2D eigenvalue weighted by molar-refractivity contribution is 7.09. The highest BCUT2D eigenvalue weighted by Crippen LogP contribution is 2.22. The first-order valence-electron chi connectivity index (χ1n) is 6.21. The number of nitrogens with two attached hydrogens (primary N) is 1. The van der Waals surface area contributed by atoms with Gasteiger partial charge in [0.2, 0.25) is 0 Å². The molecule has 2 aromatic rings. The van der Waals surface area contributed by atoms with Gasteiger partial charge < -0.3 is 5.73 Å². The van der Waals surface area contributed by atoms with Crippen LogP contribution in [-0.4, -0.2) is 0 Å². The zero-order valence-electron chi connectivity index (χ0n) is 10.5. The first-order valence-corrected chi connectivity index (χ1v) is 7.09. The van der Waals surface area contributed by atoms with Crippen LogP contribution in [0.1, 0.15) is 34.9 Å². The third kappa shape index (κ3) is 3.40. The molecule has 1 nitrogen and oxygen atoms in total. The largest absolute Gasteiger partial charge is 0.324 e. The second-order valence-corrected chi connectivity index (χ2v) is 5.61. The van der Waals surface area contributed by atoms with Crippen molar-refractivity contribution < 1.29 is 4.39 Å². The molecule has 3 heteroatoms. The lowest BCUT2D eigenvalue weighted by atomic mass is 9.97. The Morgan fingerprint density at radius 3 is 2.83 bits per heavy atom. The van der Waals surface area contributed by atoms with E-state index >= 15 is 0 Å². The molecular weight excluding hydrogens is 245 g/mol. The monoisotopic (exact) mass is 263 g/mol. The van der Waals surface area contributed by atoms with Crippen molar-refractivity contribution in [3.05, 3.63) is 57.5 Å². The highest BCUT2D eigenvalue weighted by Gasteiger charge is 2.09. The Bertz CT molecular complexity index is 493. The Hall–Kier alpha value is -1.19. The molecule has 1 aromatic carbocycles. The maximum Gasteiger partial charge on any atom is 0.123 e. The lowest BCUT2D eigenvalue weighted by Gasteiger charge is -2.14. The second kappa shape index (κ2) is 6.12. The minimum absolute atomic E-state index is 0.00515. The predicted octanol–water partition coefficient (Wildman–Crippen LogP) is 4.22. The topological polar surface area (TPSA) is 26.0 Å². The molecule has 2 rings (SSSR count). The molecule has 1 atom stereocenters. The van der Waals surface area contributed by atoms with Gasteiger partial charge in [0.05, 0.1) is 0 Å². The van der Waals surface area contributed by atoms with Crippen molar-refractivity contribution in [3.8, 4) is 0 Å². The molecule has 0 amide bonds. The third-order valence-electron chi connectivity index (χ3n) is 3.15. The Labute approximate surface area is 111 Å². The maximum atomic E-state index is 13.0. The van der Waals surface area contributed by atoms with E-state index < -0.39 is 0 Å². The molecule has 18 heavy (non-hydrogen) atoms. The van der Waals surface area contributed by atoms with Crippen LogP contribution in [0.3, 0.4) is 0 Å². The van der Waals surface area contributed by atoms with Crippen molar-refractivity contribution in [2.45, 2.75) is 32.2 Å². The van der Waals surface area contributed by atoms with E-state index in [0.717, 1.165) is 30.4 Å². The molecule has 0 aliphatic rings. The minimum Gasteiger partial charge on any atom is -0.324 e. The van der Waals surface area contributed by atoms with Crippen LogP contribution in [0.25, 0.3) is 0 Å². The van der Waals surface area contributed by atoms with Crippen LogP contribution >= 0.6 is 11.3 Å². The molecule has 0 spiro atoms. The summed E-state index contributed by atoms with van der Waals surface area (Å²) < 4.78 is 13.0. The van der Waals surface area contributed by atoms with Crippen molar-refractivity contribution in [3.63, 3.8) is 0 Å². The van der Waals surface area contributed by atoms with E-state index in [9.17, 15) is 4.39 Å². The molecule has 1 aromatic heterocycles. The molecular formula is C15H18FNS. The molecule has 0 bridgehead atoms. The van der Waals surface area contributed by atoms with Gasteiger partial charge >= 0.3 is 0 Å². The summed E-state index contributed by atoms with van der Waals surface area (Å²) in [4.78, 5) is 1.40. The van der Waals surface area contributed by atoms with Gasteiger partial charge in [0.15, 0.2) is 0 Å². The van der Waals surface area contributed by atoms with Gasteiger partial charge in [-0.2, -0.15) is 0 Å². The van der Waals surface area contributed by atoms with Crippen molar-refractivity contribution in [2.75, 3.05) is 0 Å². The molecule has 0 saturated carbocycles. The van der Waals surface area contributed by atoms with Crippen LogP contribution in [0.4, 0.5) is 4.39 Å². The summed E-state index contributed by atoms with van der Waals surface area (Å²) in [6, 6.07) is 9.07. The van der Waals surface area contributed by atoms with Gasteiger partial charge in [-0.15, -0.1) is 11.3 Å². The molecule has 1 unspecified atom stereocenters. The summed E-state index contributed by atoms with van der Waals surface area (Å²) in [5.41, 5.74) is 8.17. The van der Waals surface area contributed by atoms with Gasteiger partial charge in [0.25, 0.3) is 0 Å². The molecule has 2 N–H and O–H groups in total. The molecule has 96 valence electrons. The standard InChI is InChI=1S/C15H18FNS/c1-11-10-12(16)7-8-14(11)15(17)6-2-4-13-5-3-9-18-13/h3,5,7-10,15H,2,4,6,17H2,1H3. The fourth-order valence-electron chi connectivity index (χ4n) is 2.16. The lowest BCUT2D eigenvalue weighted by Crippen LogP contribution is -2.12. The summed E-state index contributed by atoms with van der Waals surface area (Å²) in [7, 11) is 0. The van der Waals surface area contributed by atoms with Crippen LogP contribution in [0, 0.1) is 12.7 Å². The zero-order chi connectivity index (χ0) is 13.0. The Kier molecular flexibility index (Phi) is 4.50. The average molecular weight is 263 g/mol. The number of aryl methyl sites for hydroxylation is 2. The Morgan fingerprint density at radius 1 is 1.33 bits per heavy atom. The number of hydrogen-bond donors (Lipinski definition) is 1. The zero-order valence-corrected chi connectivity index (χ0v) is 11.3. The number of halogens is 1. The van der Waals surface area contributed by atoms with Gasteiger partial charge in [0.1, 0.15) is 5.82 Å². The van der Waals surface area contributed by atoms with E-state index in [-0.39, 0.29) is 11.9 Å². The number of thiophene rings is 1. The molecule has 0 fully saturated rings. The van der Waals surface area contributed by atoms with Crippen LogP contribution in [0.5, 0.6) is 0 Å². The van der Waals surface area contributed by atoms with Crippen molar-refractivity contribution >= 4 is 11.3 Å². The molecule has 0 aliphatic heterocycles. The first kappa shape index (κ1) is 13.2. The van der Waals surface area contributed by atoms with Gasteiger partial charge in [-0.3, -0.25) is 0 Å². The highest BCUT2D eigenvalue weighted by atomic mass is 32.1. The Balaban J connectivity index is 1.89. The van der Waals surface area contributed by atoms with E-state index in [4.69, 9.17) is 5.73 Å². The van der Waals surface area contributed by atoms with E-state index in [1.165, 1.54) is 10.9 Å². The van der Waals surface area contributed by atoms with Crippen molar-refractivity contribution in [2.24, 2.45) is 5.73 Å². The predicted molar refractivity (Wildman–Crippen MR) is 75.3 cm³/mol.